The van der Waals surface area contributed by atoms with Crippen molar-refractivity contribution in [2.75, 3.05) is 57.3 Å². The molecule has 4 nitrogen and oxygen atoms in total. The van der Waals surface area contributed by atoms with Gasteiger partial charge in [-0.2, -0.15) is 0 Å². The molecule has 2 heterocycles. The third-order valence-corrected chi connectivity index (χ3v) is 5.88. The zero-order valence-electron chi connectivity index (χ0n) is 16.5. The number of halogens is 5. The molecule has 1 aromatic carbocycles. The van der Waals surface area contributed by atoms with Crippen LogP contribution in [0, 0.1) is 35.0 Å². The number of likely N-dealkylation sites (tertiary alicyclic amines) is 1. The molecule has 2 aliphatic heterocycles. The molecule has 0 saturated carbocycles. The number of hydrogen-bond donors (Lipinski definition) is 0. The Morgan fingerprint density at radius 2 is 1.31 bits per heavy atom. The van der Waals surface area contributed by atoms with Gasteiger partial charge in [0.1, 0.15) is 11.5 Å². The Kier molecular flexibility index (Phi) is 7.10. The molecule has 0 aromatic heterocycles. The number of piperazine rings is 1. The lowest BCUT2D eigenvalue weighted by Crippen LogP contribution is -2.48. The highest BCUT2D eigenvalue weighted by Crippen LogP contribution is 2.31. The summed E-state index contributed by atoms with van der Waals surface area (Å²) in [5, 5.41) is 0. The molecule has 0 atom stereocenters. The van der Waals surface area contributed by atoms with E-state index >= 15 is 0 Å². The molecule has 0 bridgehead atoms. The van der Waals surface area contributed by atoms with Gasteiger partial charge in [0.25, 0.3) is 0 Å². The lowest BCUT2D eigenvalue weighted by Gasteiger charge is -2.37. The largest absolute Gasteiger partial charge is 0.364 e. The SMILES string of the molecule is CC(=O)CN1CCC(CCN2CCN(c3c(F)c(F)c(F)c(F)c3F)CC2)CC1. The number of Topliss-reactive ketones (excluding diaryl/α,β-unsaturated/α-hetero) is 1. The minimum absolute atomic E-state index is 0.176. The summed E-state index contributed by atoms with van der Waals surface area (Å²) in [6, 6.07) is 0. The third kappa shape index (κ3) is 5.06. The molecule has 162 valence electrons. The summed E-state index contributed by atoms with van der Waals surface area (Å²) in [5.41, 5.74) is -0.834. The van der Waals surface area contributed by atoms with Crippen molar-refractivity contribution in [3.05, 3.63) is 29.1 Å². The van der Waals surface area contributed by atoms with Gasteiger partial charge in [-0.3, -0.25) is 14.6 Å². The topological polar surface area (TPSA) is 26.8 Å². The average molecular weight is 419 g/mol. The van der Waals surface area contributed by atoms with Gasteiger partial charge < -0.3 is 4.90 Å². The highest BCUT2D eigenvalue weighted by molar-refractivity contribution is 5.77. The van der Waals surface area contributed by atoms with E-state index in [1.165, 1.54) is 4.90 Å². The first kappa shape index (κ1) is 22.0. The second-order valence-corrected chi connectivity index (χ2v) is 7.96. The fraction of sp³-hybridized carbons (Fsp3) is 0.650. The van der Waals surface area contributed by atoms with E-state index in [1.54, 1.807) is 6.92 Å². The summed E-state index contributed by atoms with van der Waals surface area (Å²) in [5.74, 6) is -8.73. The molecule has 0 spiro atoms. The molecule has 1 aromatic rings. The minimum atomic E-state index is -2.13. The van der Waals surface area contributed by atoms with Crippen LogP contribution >= 0.6 is 0 Å². The fourth-order valence-electron chi connectivity index (χ4n) is 4.18. The fourth-order valence-corrected chi connectivity index (χ4v) is 4.18. The molecule has 0 aliphatic carbocycles. The van der Waals surface area contributed by atoms with Crippen LogP contribution in [-0.4, -0.2) is 67.9 Å². The summed E-state index contributed by atoms with van der Waals surface area (Å²) in [6.07, 6.45) is 3.08. The van der Waals surface area contributed by atoms with Gasteiger partial charge in [-0.15, -0.1) is 0 Å². The molecule has 2 aliphatic rings. The zero-order chi connectivity index (χ0) is 21.1. The number of piperidine rings is 1. The second-order valence-electron chi connectivity index (χ2n) is 7.96. The van der Waals surface area contributed by atoms with E-state index in [4.69, 9.17) is 0 Å². The highest BCUT2D eigenvalue weighted by Gasteiger charge is 2.31. The zero-order valence-corrected chi connectivity index (χ0v) is 16.5. The maximum Gasteiger partial charge on any atom is 0.200 e. The van der Waals surface area contributed by atoms with E-state index in [0.717, 1.165) is 38.9 Å². The molecule has 0 unspecified atom stereocenters. The molecule has 9 heteroatoms. The Morgan fingerprint density at radius 1 is 0.793 bits per heavy atom. The van der Waals surface area contributed by atoms with Crippen LogP contribution in [0.5, 0.6) is 0 Å². The molecule has 2 saturated heterocycles. The van der Waals surface area contributed by atoms with Gasteiger partial charge in [0, 0.05) is 26.2 Å². The lowest BCUT2D eigenvalue weighted by molar-refractivity contribution is -0.118. The van der Waals surface area contributed by atoms with E-state index in [1.807, 2.05) is 0 Å². The van der Waals surface area contributed by atoms with Crippen molar-refractivity contribution >= 4 is 11.5 Å². The van der Waals surface area contributed by atoms with Gasteiger partial charge in [0.05, 0.1) is 6.54 Å². The Labute approximate surface area is 167 Å². The predicted octanol–water partition coefficient (Wildman–Crippen LogP) is 3.20. The molecule has 29 heavy (non-hydrogen) atoms. The summed E-state index contributed by atoms with van der Waals surface area (Å²) >= 11 is 0. The maximum absolute atomic E-state index is 14.0. The number of benzene rings is 1. The quantitative estimate of drug-likeness (QED) is 0.402. The number of anilines is 1. The van der Waals surface area contributed by atoms with Gasteiger partial charge in [-0.1, -0.05) is 0 Å². The van der Waals surface area contributed by atoms with Gasteiger partial charge in [0.2, 0.25) is 5.82 Å². The minimum Gasteiger partial charge on any atom is -0.364 e. The van der Waals surface area contributed by atoms with Crippen LogP contribution < -0.4 is 4.90 Å². The molecular weight excluding hydrogens is 393 g/mol. The summed E-state index contributed by atoms with van der Waals surface area (Å²) in [7, 11) is 0. The van der Waals surface area contributed by atoms with Crippen LogP contribution in [0.15, 0.2) is 0 Å². The van der Waals surface area contributed by atoms with Crippen molar-refractivity contribution in [3.8, 4) is 0 Å². The van der Waals surface area contributed by atoms with Crippen LogP contribution in [0.3, 0.4) is 0 Å². The van der Waals surface area contributed by atoms with E-state index in [-0.39, 0.29) is 18.9 Å². The van der Waals surface area contributed by atoms with Crippen molar-refractivity contribution in [2.24, 2.45) is 5.92 Å². The second kappa shape index (κ2) is 9.38. The van der Waals surface area contributed by atoms with E-state index in [9.17, 15) is 26.7 Å². The smallest absolute Gasteiger partial charge is 0.200 e. The molecule has 0 N–H and O–H groups in total. The van der Waals surface area contributed by atoms with Crippen LogP contribution in [0.25, 0.3) is 0 Å². The number of carbonyl (C=O) groups is 1. The number of hydrogen-bond acceptors (Lipinski definition) is 4. The number of ketones is 1. The van der Waals surface area contributed by atoms with Crippen LogP contribution in [0.4, 0.5) is 27.6 Å². The van der Waals surface area contributed by atoms with E-state index < -0.39 is 34.8 Å². The highest BCUT2D eigenvalue weighted by atomic mass is 19.2. The molecule has 0 amide bonds. The number of carbonyl (C=O) groups excluding carboxylic acids is 1. The van der Waals surface area contributed by atoms with Crippen molar-refractivity contribution in [2.45, 2.75) is 26.2 Å². The molecule has 2 fully saturated rings. The monoisotopic (exact) mass is 419 g/mol. The Bertz CT molecular complexity index is 715. The Balaban J connectivity index is 1.48. The van der Waals surface area contributed by atoms with Crippen LogP contribution in [0.1, 0.15) is 26.2 Å². The van der Waals surface area contributed by atoms with E-state index in [0.29, 0.717) is 25.6 Å². The average Bonchev–Trinajstić information content (AvgIpc) is 2.71. The molecular formula is C20H26F5N3O. The lowest BCUT2D eigenvalue weighted by atomic mass is 9.93. The van der Waals surface area contributed by atoms with Crippen LogP contribution in [-0.2, 0) is 4.79 Å². The van der Waals surface area contributed by atoms with Crippen molar-refractivity contribution < 1.29 is 26.7 Å². The number of nitrogens with zero attached hydrogens (tertiary/aromatic N) is 3. The van der Waals surface area contributed by atoms with Gasteiger partial charge in [-0.25, -0.2) is 22.0 Å². The normalized spacial score (nSPS) is 19.7. The van der Waals surface area contributed by atoms with Gasteiger partial charge in [-0.05, 0) is 51.7 Å². The predicted molar refractivity (Wildman–Crippen MR) is 99.3 cm³/mol. The van der Waals surface area contributed by atoms with Crippen molar-refractivity contribution in [1.29, 1.82) is 0 Å². The van der Waals surface area contributed by atoms with Crippen LogP contribution in [0.2, 0.25) is 0 Å². The Hall–Kier alpha value is -1.74. The summed E-state index contributed by atoms with van der Waals surface area (Å²) in [6.45, 7) is 6.18. The van der Waals surface area contributed by atoms with Gasteiger partial charge >= 0.3 is 0 Å². The van der Waals surface area contributed by atoms with Gasteiger partial charge in [0.15, 0.2) is 23.3 Å². The molecule has 0 radical (unpaired) electrons. The summed E-state index contributed by atoms with van der Waals surface area (Å²) < 4.78 is 68.1. The van der Waals surface area contributed by atoms with E-state index in [2.05, 4.69) is 9.80 Å². The first-order valence-electron chi connectivity index (χ1n) is 9.98. The number of rotatable bonds is 6. The Morgan fingerprint density at radius 3 is 1.83 bits per heavy atom. The molecule has 3 rings (SSSR count). The van der Waals surface area contributed by atoms with Crippen molar-refractivity contribution in [1.82, 2.24) is 9.80 Å². The third-order valence-electron chi connectivity index (χ3n) is 5.88. The first-order valence-corrected chi connectivity index (χ1v) is 9.98. The van der Waals surface area contributed by atoms with Crippen molar-refractivity contribution in [3.63, 3.8) is 0 Å². The first-order chi connectivity index (χ1) is 13.8. The summed E-state index contributed by atoms with van der Waals surface area (Å²) in [4.78, 5) is 16.7. The standard InChI is InChI=1S/C20H26F5N3O/c1-13(29)12-27-6-3-14(4-7-27)2-5-26-8-10-28(11-9-26)20-18(24)16(22)15(21)17(23)19(20)25/h14H,2-12H2,1H3. The maximum atomic E-state index is 14.0.